The zero-order valence-electron chi connectivity index (χ0n) is 13.1. The van der Waals surface area contributed by atoms with Gasteiger partial charge < -0.3 is 4.57 Å². The average molecular weight is 315 g/mol. The summed E-state index contributed by atoms with van der Waals surface area (Å²) in [5, 5.41) is 5.49. The quantitative estimate of drug-likeness (QED) is 0.505. The number of aryl methyl sites for hydroxylation is 1. The van der Waals surface area contributed by atoms with Gasteiger partial charge in [0.1, 0.15) is 0 Å². The summed E-state index contributed by atoms with van der Waals surface area (Å²) in [5.74, 6) is 0. The van der Waals surface area contributed by atoms with Crippen molar-refractivity contribution < 1.29 is 0 Å². The molecule has 4 aromatic rings. The van der Waals surface area contributed by atoms with Gasteiger partial charge in [-0.25, -0.2) is 0 Å². The molecule has 112 valence electrons. The molecule has 0 fully saturated rings. The first-order valence-electron chi connectivity index (χ1n) is 7.78. The van der Waals surface area contributed by atoms with E-state index in [9.17, 15) is 0 Å². The average Bonchev–Trinajstić information content (AvgIpc) is 2.98. The Kier molecular flexibility index (Phi) is 3.73. The molecule has 0 spiro atoms. The molecule has 1 aromatic heterocycles. The van der Waals surface area contributed by atoms with Crippen LogP contribution in [0.3, 0.4) is 0 Å². The monoisotopic (exact) mass is 315 g/mol. The van der Waals surface area contributed by atoms with Crippen molar-refractivity contribution in [3.63, 3.8) is 0 Å². The molecule has 0 aliphatic heterocycles. The highest BCUT2D eigenvalue weighted by Crippen LogP contribution is 2.33. The van der Waals surface area contributed by atoms with E-state index in [4.69, 9.17) is 0 Å². The fourth-order valence-electron chi connectivity index (χ4n) is 3.01. The fraction of sp³-hybridized carbons (Fsp3) is 0.0476. The minimum Gasteiger partial charge on any atom is -0.351 e. The van der Waals surface area contributed by atoms with Crippen molar-refractivity contribution in [3.8, 4) is 0 Å². The summed E-state index contributed by atoms with van der Waals surface area (Å²) in [5.41, 5.74) is 1.28. The molecule has 4 rings (SSSR count). The van der Waals surface area contributed by atoms with E-state index in [-0.39, 0.29) is 0 Å². The fourth-order valence-corrected chi connectivity index (χ4v) is 5.34. The number of fused-ring (bicyclic) bond motifs is 1. The molecule has 0 aliphatic carbocycles. The molecule has 0 saturated carbocycles. The van der Waals surface area contributed by atoms with Crippen molar-refractivity contribution >= 4 is 34.7 Å². The van der Waals surface area contributed by atoms with Crippen LogP contribution >= 0.6 is 7.92 Å². The second-order valence-electron chi connectivity index (χ2n) is 5.68. The Morgan fingerprint density at radius 1 is 0.652 bits per heavy atom. The van der Waals surface area contributed by atoms with Crippen LogP contribution in [0.2, 0.25) is 0 Å². The van der Waals surface area contributed by atoms with E-state index in [0.29, 0.717) is 0 Å². The largest absolute Gasteiger partial charge is 0.351 e. The zero-order valence-corrected chi connectivity index (χ0v) is 13.9. The van der Waals surface area contributed by atoms with Gasteiger partial charge in [0, 0.05) is 24.1 Å². The first-order valence-corrected chi connectivity index (χ1v) is 9.12. The van der Waals surface area contributed by atoms with Crippen LogP contribution < -0.4 is 15.9 Å². The zero-order chi connectivity index (χ0) is 15.6. The molecular formula is C21H18NP. The molecule has 0 saturated heterocycles. The SMILES string of the molecule is Cn1ccc2cc(P(c3ccccc3)c3ccccc3)ccc21. The van der Waals surface area contributed by atoms with Crippen molar-refractivity contribution in [2.24, 2.45) is 7.05 Å². The lowest BCUT2D eigenvalue weighted by Gasteiger charge is -2.19. The Hall–Kier alpha value is -2.37. The maximum atomic E-state index is 2.35. The summed E-state index contributed by atoms with van der Waals surface area (Å²) >= 11 is 0. The van der Waals surface area contributed by atoms with Crippen molar-refractivity contribution in [1.82, 2.24) is 4.57 Å². The van der Waals surface area contributed by atoms with E-state index in [2.05, 4.69) is 103 Å². The topological polar surface area (TPSA) is 4.93 Å². The first-order chi connectivity index (χ1) is 11.3. The van der Waals surface area contributed by atoms with Gasteiger partial charge >= 0.3 is 0 Å². The summed E-state index contributed by atoms with van der Waals surface area (Å²) in [7, 11) is 1.58. The molecule has 0 radical (unpaired) electrons. The number of nitrogens with zero attached hydrogens (tertiary/aromatic N) is 1. The van der Waals surface area contributed by atoms with Gasteiger partial charge in [-0.3, -0.25) is 0 Å². The molecule has 23 heavy (non-hydrogen) atoms. The minimum absolute atomic E-state index is 0.519. The number of aromatic nitrogens is 1. The van der Waals surface area contributed by atoms with Crippen molar-refractivity contribution in [1.29, 1.82) is 0 Å². The maximum absolute atomic E-state index is 2.35. The third-order valence-corrected chi connectivity index (χ3v) is 6.58. The molecule has 0 aliphatic rings. The lowest BCUT2D eigenvalue weighted by Crippen LogP contribution is -2.20. The molecule has 2 heteroatoms. The van der Waals surface area contributed by atoms with E-state index >= 15 is 0 Å². The molecule has 0 amide bonds. The van der Waals surface area contributed by atoms with E-state index < -0.39 is 7.92 Å². The summed E-state index contributed by atoms with van der Waals surface area (Å²) in [6.45, 7) is 0. The highest BCUT2D eigenvalue weighted by molar-refractivity contribution is 7.79. The van der Waals surface area contributed by atoms with Crippen molar-refractivity contribution in [2.75, 3.05) is 0 Å². The van der Waals surface area contributed by atoms with Gasteiger partial charge in [-0.1, -0.05) is 66.7 Å². The van der Waals surface area contributed by atoms with Crippen LogP contribution in [0.25, 0.3) is 10.9 Å². The molecule has 0 atom stereocenters. The van der Waals surface area contributed by atoms with Gasteiger partial charge in [0.2, 0.25) is 0 Å². The van der Waals surface area contributed by atoms with Crippen LogP contribution in [0.4, 0.5) is 0 Å². The Balaban J connectivity index is 1.90. The van der Waals surface area contributed by atoms with Crippen LogP contribution in [-0.4, -0.2) is 4.57 Å². The Morgan fingerprint density at radius 2 is 1.26 bits per heavy atom. The lowest BCUT2D eigenvalue weighted by molar-refractivity contribution is 0.969. The predicted molar refractivity (Wildman–Crippen MR) is 102 cm³/mol. The van der Waals surface area contributed by atoms with Crippen molar-refractivity contribution in [2.45, 2.75) is 0 Å². The summed E-state index contributed by atoms with van der Waals surface area (Å²) in [6.07, 6.45) is 2.13. The van der Waals surface area contributed by atoms with Gasteiger partial charge in [-0.05, 0) is 42.0 Å². The second-order valence-corrected chi connectivity index (χ2v) is 7.90. The van der Waals surface area contributed by atoms with Crippen LogP contribution in [0.5, 0.6) is 0 Å². The van der Waals surface area contributed by atoms with Gasteiger partial charge in [0.25, 0.3) is 0 Å². The van der Waals surface area contributed by atoms with Gasteiger partial charge in [-0.2, -0.15) is 0 Å². The van der Waals surface area contributed by atoms with Gasteiger partial charge in [-0.15, -0.1) is 0 Å². The normalized spacial score (nSPS) is 11.2. The van der Waals surface area contributed by atoms with Crippen LogP contribution in [0.15, 0.2) is 91.1 Å². The molecule has 1 nitrogen and oxygen atoms in total. The molecule has 0 unspecified atom stereocenters. The van der Waals surface area contributed by atoms with Gasteiger partial charge in [0.05, 0.1) is 0 Å². The van der Waals surface area contributed by atoms with E-state index in [0.717, 1.165) is 0 Å². The highest BCUT2D eigenvalue weighted by atomic mass is 31.1. The van der Waals surface area contributed by atoms with Crippen LogP contribution in [0.1, 0.15) is 0 Å². The first kappa shape index (κ1) is 14.2. The number of rotatable bonds is 3. The molecule has 1 heterocycles. The summed E-state index contributed by atoms with van der Waals surface area (Å²) < 4.78 is 2.17. The number of hydrogen-bond acceptors (Lipinski definition) is 0. The smallest absolute Gasteiger partial charge is 0.0478 e. The third kappa shape index (κ3) is 2.69. The second kappa shape index (κ2) is 6.02. The summed E-state index contributed by atoms with van der Waals surface area (Å²) in [6, 6.07) is 30.8. The van der Waals surface area contributed by atoms with Gasteiger partial charge in [0.15, 0.2) is 0 Å². The predicted octanol–water partition coefficient (Wildman–Crippen LogP) is 3.94. The number of hydrogen-bond donors (Lipinski definition) is 0. The maximum Gasteiger partial charge on any atom is 0.0478 e. The van der Waals surface area contributed by atoms with E-state index in [1.165, 1.54) is 26.8 Å². The standard InChI is InChI=1S/C21H18NP/c1-22-15-14-17-16-20(12-13-21(17)22)23(18-8-4-2-5-9-18)19-10-6-3-7-11-19/h2-16H,1H3. The molecule has 0 N–H and O–H groups in total. The summed E-state index contributed by atoms with van der Waals surface area (Å²) in [4.78, 5) is 0. The Bertz CT molecular complexity index is 886. The van der Waals surface area contributed by atoms with Crippen molar-refractivity contribution in [3.05, 3.63) is 91.1 Å². The lowest BCUT2D eigenvalue weighted by atomic mass is 10.2. The van der Waals surface area contributed by atoms with Crippen LogP contribution in [-0.2, 0) is 7.05 Å². The Labute approximate surface area is 138 Å². The molecule has 3 aromatic carbocycles. The highest BCUT2D eigenvalue weighted by Gasteiger charge is 2.16. The number of benzene rings is 3. The molecule has 0 bridgehead atoms. The Morgan fingerprint density at radius 3 is 1.87 bits per heavy atom. The molecular weight excluding hydrogens is 297 g/mol. The van der Waals surface area contributed by atoms with E-state index in [1.54, 1.807) is 0 Å². The third-order valence-electron chi connectivity index (χ3n) is 4.16. The minimum atomic E-state index is -0.519. The van der Waals surface area contributed by atoms with E-state index in [1.807, 2.05) is 0 Å². The van der Waals surface area contributed by atoms with Crippen LogP contribution in [0, 0.1) is 0 Å².